The van der Waals surface area contributed by atoms with E-state index in [0.29, 0.717) is 18.1 Å². The molecule has 32 heavy (non-hydrogen) atoms. The monoisotopic (exact) mass is 1040 g/mol. The van der Waals surface area contributed by atoms with E-state index in [1.54, 1.807) is 6.07 Å². The van der Waals surface area contributed by atoms with Crippen LogP contribution in [0, 0.1) is 81.5 Å². The number of nitrogens with zero attached hydrogens (tertiary/aromatic N) is 2. The topological polar surface area (TPSA) is 81.5 Å². The zero-order valence-corrected chi connectivity index (χ0v) is 32.1. The number of hydrogen-bond donors (Lipinski definition) is 1. The molecule has 0 atom stereocenters. The predicted octanol–water partition coefficient (Wildman–Crippen LogP) is 2.66. The van der Waals surface area contributed by atoms with E-state index in [4.69, 9.17) is 14.4 Å². The van der Waals surface area contributed by atoms with Gasteiger partial charge >= 0.3 is 51.4 Å². The van der Waals surface area contributed by atoms with Gasteiger partial charge in [-0.3, -0.25) is 0 Å². The van der Waals surface area contributed by atoms with Crippen LogP contribution < -0.4 is 56.1 Å². The zero-order valence-electron chi connectivity index (χ0n) is 18.5. The van der Waals surface area contributed by atoms with Crippen LogP contribution in [0.15, 0.2) is 78.7 Å². The summed E-state index contributed by atoms with van der Waals surface area (Å²) in [5.41, 5.74) is 1.30. The quantitative estimate of drug-likeness (QED) is 0.251. The number of aliphatic hydroxyl groups excluding tert-OH is 1. The van der Waals surface area contributed by atoms with Gasteiger partial charge in [-0.15, -0.1) is 12.4 Å². The third-order valence-electron chi connectivity index (χ3n) is 3.24. The first-order chi connectivity index (χ1) is 14.1. The van der Waals surface area contributed by atoms with Gasteiger partial charge in [-0.1, -0.05) is 49.6 Å². The summed E-state index contributed by atoms with van der Waals surface area (Å²) in [7, 11) is 0. The number of halogens is 2. The van der Waals surface area contributed by atoms with Crippen LogP contribution in [0.3, 0.4) is 0 Å². The van der Waals surface area contributed by atoms with Gasteiger partial charge < -0.3 is 20.3 Å². The summed E-state index contributed by atoms with van der Waals surface area (Å²) in [6.45, 7) is 2.35. The van der Waals surface area contributed by atoms with Gasteiger partial charge in [-0.2, -0.15) is 12.1 Å². The fourth-order valence-electron chi connectivity index (χ4n) is 1.78. The third-order valence-corrected chi connectivity index (χ3v) is 4.30. The summed E-state index contributed by atoms with van der Waals surface area (Å²) in [4.78, 5) is 0. The third kappa shape index (κ3) is 16.1. The van der Waals surface area contributed by atoms with E-state index in [-0.39, 0.29) is 122 Å². The Morgan fingerprint density at radius 3 is 1.72 bits per heavy atom. The average Bonchev–Trinajstić information content (AvgIpc) is 3.45. The number of hydrogen-bond acceptors (Lipinski definition) is 6. The van der Waals surface area contributed by atoms with Gasteiger partial charge in [0.15, 0.2) is 0 Å². The Labute approximate surface area is 295 Å². The van der Waals surface area contributed by atoms with Crippen LogP contribution >= 0.6 is 31.9 Å². The number of benzene rings is 2. The largest absolute Gasteiger partial charge is 1.00 e. The summed E-state index contributed by atoms with van der Waals surface area (Å²) in [5.74, 6) is 1.90. The van der Waals surface area contributed by atoms with Crippen molar-refractivity contribution in [2.75, 3.05) is 0 Å². The first-order valence-electron chi connectivity index (χ1n) is 8.41. The van der Waals surface area contributed by atoms with Crippen molar-refractivity contribution in [2.45, 2.75) is 20.1 Å². The molecule has 2 heterocycles. The van der Waals surface area contributed by atoms with Gasteiger partial charge in [0, 0.05) is 89.3 Å². The van der Waals surface area contributed by atoms with Crippen LogP contribution in [0.5, 0.6) is 5.75 Å². The molecule has 4 aromatic rings. The van der Waals surface area contributed by atoms with Crippen molar-refractivity contribution in [3.05, 3.63) is 99.1 Å². The van der Waals surface area contributed by atoms with Gasteiger partial charge in [0.1, 0.15) is 5.75 Å². The van der Waals surface area contributed by atoms with Crippen molar-refractivity contribution >= 4 is 31.9 Å². The molecule has 11 heteroatoms. The molecular formula is C21H19Br2KN2O4U2-2. The van der Waals surface area contributed by atoms with E-state index in [0.717, 1.165) is 14.7 Å². The molecule has 2 aromatic heterocycles. The van der Waals surface area contributed by atoms with Crippen molar-refractivity contribution in [2.24, 2.45) is 0 Å². The van der Waals surface area contributed by atoms with E-state index in [2.05, 4.69) is 78.1 Å². The molecule has 162 valence electrons. The summed E-state index contributed by atoms with van der Waals surface area (Å²) < 4.78 is 16.9. The molecule has 0 saturated carbocycles. The van der Waals surface area contributed by atoms with Crippen molar-refractivity contribution < 1.29 is 134 Å². The van der Waals surface area contributed by atoms with E-state index >= 15 is 0 Å². The molecule has 6 nitrogen and oxygen atoms in total. The van der Waals surface area contributed by atoms with Crippen LogP contribution in [-0.4, -0.2) is 15.4 Å². The van der Waals surface area contributed by atoms with Crippen LogP contribution in [0.25, 0.3) is 0 Å². The number of aryl methyl sites for hydroxylation is 1. The molecule has 0 saturated heterocycles. The van der Waals surface area contributed by atoms with Gasteiger partial charge in [-0.05, 0) is 43.3 Å². The molecule has 0 bridgehead atoms. The second-order valence-corrected chi connectivity index (χ2v) is 7.37. The summed E-state index contributed by atoms with van der Waals surface area (Å²) >= 11 is 6.69. The van der Waals surface area contributed by atoms with Crippen molar-refractivity contribution in [1.29, 1.82) is 0 Å². The number of ether oxygens (including phenoxy) is 1. The minimum absolute atomic E-state index is 0. The zero-order chi connectivity index (χ0) is 20.9. The second kappa shape index (κ2) is 21.6. The fraction of sp³-hybridized carbons (Fsp3) is 0.143. The molecule has 0 unspecified atom stereocenters. The molecule has 0 aliphatic rings. The first-order valence-corrected chi connectivity index (χ1v) is 10.00. The van der Waals surface area contributed by atoms with Crippen LogP contribution in [0.1, 0.15) is 18.5 Å². The Balaban J connectivity index is -0.000000414. The van der Waals surface area contributed by atoms with Gasteiger partial charge in [-0.25, -0.2) is 10.3 Å². The number of aliphatic hydroxyl groups is 1. The van der Waals surface area contributed by atoms with Crippen molar-refractivity contribution in [1.82, 2.24) is 10.3 Å². The molecule has 1 N–H and O–H groups in total. The average molecular weight is 1040 g/mol. The Bertz CT molecular complexity index is 913. The SMILES string of the molecule is Brc1ccc(OCc2c[c-]no2)cc1.Cc1ccc(Br)cc1.OCc1c[c-]no1.[H-].[K+].[U].[U]. The Morgan fingerprint density at radius 2 is 1.34 bits per heavy atom. The van der Waals surface area contributed by atoms with Crippen molar-refractivity contribution in [3.8, 4) is 5.75 Å². The fourth-order valence-corrected chi connectivity index (χ4v) is 2.31. The molecule has 0 radical (unpaired) electrons. The van der Waals surface area contributed by atoms with Crippen LogP contribution in [-0.2, 0) is 13.2 Å². The van der Waals surface area contributed by atoms with Crippen LogP contribution in [0.4, 0.5) is 0 Å². The summed E-state index contributed by atoms with van der Waals surface area (Å²) in [6.07, 6.45) is 4.97. The minimum Gasteiger partial charge on any atom is -1.00 e. The standard InChI is InChI=1S/C10H7BrNO2.C7H7Br.C4H4NO2.K.2U.H/c11-8-1-3-9(4-2-8)13-7-10-5-6-12-14-10;1-6-2-4-7(8)5-3-6;6-3-4-1-2-5-7-4;;;;/h1-5H,7H2;2-5H,1H3;1,6H,3H2;;;;/q-1;;-1;+1;;;-1. The normalized spacial score (nSPS) is 8.75. The molecular weight excluding hydrogens is 1020 g/mol. The maximum Gasteiger partial charge on any atom is 1.00 e. The molecule has 2 aromatic carbocycles. The van der Waals surface area contributed by atoms with E-state index < -0.39 is 0 Å². The molecule has 0 aliphatic carbocycles. The molecule has 4 rings (SSSR count). The van der Waals surface area contributed by atoms with Crippen LogP contribution in [0.2, 0.25) is 0 Å². The Hall–Kier alpha value is 1.32. The first kappa shape index (κ1) is 35.5. The van der Waals surface area contributed by atoms with Gasteiger partial charge in [0.2, 0.25) is 0 Å². The van der Waals surface area contributed by atoms with Crippen molar-refractivity contribution in [3.63, 3.8) is 0 Å². The number of rotatable bonds is 4. The Kier molecular flexibility index (Phi) is 23.9. The maximum absolute atomic E-state index is 8.27. The van der Waals surface area contributed by atoms with E-state index in [9.17, 15) is 0 Å². The number of aromatic nitrogens is 2. The predicted molar refractivity (Wildman–Crippen MR) is 115 cm³/mol. The molecule has 0 amide bonds. The van der Waals surface area contributed by atoms with Gasteiger partial charge in [0.25, 0.3) is 0 Å². The summed E-state index contributed by atoms with van der Waals surface area (Å²) in [5, 5.41) is 15.0. The van der Waals surface area contributed by atoms with Gasteiger partial charge in [0.05, 0.1) is 6.61 Å². The molecule has 0 spiro atoms. The Morgan fingerprint density at radius 1 is 0.875 bits per heavy atom. The molecule has 0 fully saturated rings. The molecule has 0 aliphatic heterocycles. The van der Waals surface area contributed by atoms with E-state index in [1.165, 1.54) is 11.6 Å². The van der Waals surface area contributed by atoms with E-state index in [1.807, 2.05) is 36.4 Å². The smallest absolute Gasteiger partial charge is 1.00 e. The second-order valence-electron chi connectivity index (χ2n) is 5.54. The summed E-state index contributed by atoms with van der Waals surface area (Å²) in [6, 6.07) is 19.0. The minimum atomic E-state index is -0.101. The maximum atomic E-state index is 8.27.